The van der Waals surface area contributed by atoms with Crippen LogP contribution in [0, 0.1) is 0 Å². The molecule has 1 atom stereocenters. The number of anilines is 2. The molecular formula is C17H26ClN5O2. The molecule has 1 N–H and O–H groups in total. The lowest BCUT2D eigenvalue weighted by Crippen LogP contribution is -2.40. The molecule has 2 aliphatic rings. The van der Waals surface area contributed by atoms with Crippen LogP contribution in [0.15, 0.2) is 6.07 Å². The predicted octanol–water partition coefficient (Wildman–Crippen LogP) is 2.83. The van der Waals surface area contributed by atoms with Crippen LogP contribution in [0.5, 0.6) is 0 Å². The summed E-state index contributed by atoms with van der Waals surface area (Å²) in [4.78, 5) is 25.0. The molecule has 138 valence electrons. The fourth-order valence-electron chi connectivity index (χ4n) is 3.22. The Labute approximate surface area is 153 Å². The second-order valence-electron chi connectivity index (χ2n) is 7.63. The standard InChI is InChI=1S/C17H26ClN5O2/c1-17(2,3)25-16(24)19-12-6-9-23(11-12)14-10-13(20-15(18)21-14)22-7-4-5-8-22/h10,12H,4-9,11H2,1-3H3,(H,19,24). The van der Waals surface area contributed by atoms with Gasteiger partial charge in [-0.25, -0.2) is 14.8 Å². The summed E-state index contributed by atoms with van der Waals surface area (Å²) in [5, 5.41) is 3.20. The average molecular weight is 368 g/mol. The molecule has 0 spiro atoms. The molecule has 8 heteroatoms. The molecule has 1 aromatic heterocycles. The molecule has 0 saturated carbocycles. The summed E-state index contributed by atoms with van der Waals surface area (Å²) in [7, 11) is 0. The first-order chi connectivity index (χ1) is 11.8. The van der Waals surface area contributed by atoms with Crippen LogP contribution in [-0.2, 0) is 4.74 Å². The number of carbonyl (C=O) groups excluding carboxylic acids is 1. The molecule has 0 radical (unpaired) electrons. The minimum absolute atomic E-state index is 0.0406. The molecule has 1 unspecified atom stereocenters. The van der Waals surface area contributed by atoms with E-state index >= 15 is 0 Å². The molecule has 1 aromatic rings. The van der Waals surface area contributed by atoms with Gasteiger partial charge in [0.25, 0.3) is 0 Å². The number of hydrogen-bond donors (Lipinski definition) is 1. The Morgan fingerprint density at radius 1 is 1.20 bits per heavy atom. The van der Waals surface area contributed by atoms with E-state index in [1.54, 1.807) is 0 Å². The van der Waals surface area contributed by atoms with E-state index < -0.39 is 5.60 Å². The van der Waals surface area contributed by atoms with Crippen molar-refractivity contribution in [3.05, 3.63) is 11.3 Å². The van der Waals surface area contributed by atoms with Crippen molar-refractivity contribution in [3.63, 3.8) is 0 Å². The van der Waals surface area contributed by atoms with Gasteiger partial charge in [-0.3, -0.25) is 0 Å². The van der Waals surface area contributed by atoms with Gasteiger partial charge >= 0.3 is 6.09 Å². The summed E-state index contributed by atoms with van der Waals surface area (Å²) in [6, 6.07) is 2.03. The quantitative estimate of drug-likeness (QED) is 0.828. The summed E-state index contributed by atoms with van der Waals surface area (Å²) in [5.74, 6) is 1.70. The fourth-order valence-corrected chi connectivity index (χ4v) is 3.40. The maximum absolute atomic E-state index is 11.9. The number of amides is 1. The number of ether oxygens (including phenoxy) is 1. The van der Waals surface area contributed by atoms with Gasteiger partial charge < -0.3 is 19.9 Å². The van der Waals surface area contributed by atoms with E-state index in [4.69, 9.17) is 16.3 Å². The predicted molar refractivity (Wildman–Crippen MR) is 98.5 cm³/mol. The number of halogens is 1. The van der Waals surface area contributed by atoms with E-state index in [1.165, 1.54) is 12.8 Å². The van der Waals surface area contributed by atoms with Crippen LogP contribution in [0.2, 0.25) is 5.28 Å². The highest BCUT2D eigenvalue weighted by Gasteiger charge is 2.28. The molecule has 0 aliphatic carbocycles. The van der Waals surface area contributed by atoms with Gasteiger partial charge in [-0.05, 0) is 51.6 Å². The van der Waals surface area contributed by atoms with E-state index in [2.05, 4.69) is 25.1 Å². The summed E-state index contributed by atoms with van der Waals surface area (Å²) < 4.78 is 5.32. The van der Waals surface area contributed by atoms with Gasteiger partial charge in [-0.1, -0.05) is 0 Å². The van der Waals surface area contributed by atoms with Crippen molar-refractivity contribution in [2.24, 2.45) is 0 Å². The maximum Gasteiger partial charge on any atom is 0.407 e. The number of hydrogen-bond acceptors (Lipinski definition) is 6. The fraction of sp³-hybridized carbons (Fsp3) is 0.706. The van der Waals surface area contributed by atoms with Crippen LogP contribution in [0.3, 0.4) is 0 Å². The van der Waals surface area contributed by atoms with Gasteiger partial charge in [0.05, 0.1) is 6.04 Å². The molecular weight excluding hydrogens is 342 g/mol. The zero-order chi connectivity index (χ0) is 18.0. The number of aromatic nitrogens is 2. The zero-order valence-electron chi connectivity index (χ0n) is 15.1. The number of carbonyl (C=O) groups is 1. The Balaban J connectivity index is 1.62. The van der Waals surface area contributed by atoms with Crippen LogP contribution in [0.25, 0.3) is 0 Å². The number of alkyl carbamates (subject to hydrolysis) is 1. The first kappa shape index (κ1) is 18.0. The van der Waals surface area contributed by atoms with Gasteiger partial charge in [-0.15, -0.1) is 0 Å². The molecule has 0 bridgehead atoms. The first-order valence-corrected chi connectivity index (χ1v) is 9.22. The van der Waals surface area contributed by atoms with Crippen molar-refractivity contribution in [1.29, 1.82) is 0 Å². The van der Waals surface area contributed by atoms with Crippen molar-refractivity contribution < 1.29 is 9.53 Å². The third kappa shape index (κ3) is 4.87. The lowest BCUT2D eigenvalue weighted by molar-refractivity contribution is 0.0509. The summed E-state index contributed by atoms with van der Waals surface area (Å²) in [6.07, 6.45) is 2.84. The summed E-state index contributed by atoms with van der Waals surface area (Å²) in [6.45, 7) is 9.09. The highest BCUT2D eigenvalue weighted by molar-refractivity contribution is 6.28. The largest absolute Gasteiger partial charge is 0.444 e. The number of nitrogens with one attached hydrogen (secondary N) is 1. The Morgan fingerprint density at radius 2 is 1.84 bits per heavy atom. The average Bonchev–Trinajstić information content (AvgIpc) is 3.15. The monoisotopic (exact) mass is 367 g/mol. The topological polar surface area (TPSA) is 70.6 Å². The SMILES string of the molecule is CC(C)(C)OC(=O)NC1CCN(c2cc(N3CCCC3)nc(Cl)n2)C1. The van der Waals surface area contributed by atoms with Crippen molar-refractivity contribution >= 4 is 29.3 Å². The van der Waals surface area contributed by atoms with Crippen molar-refractivity contribution in [1.82, 2.24) is 15.3 Å². The molecule has 7 nitrogen and oxygen atoms in total. The van der Waals surface area contributed by atoms with Crippen LogP contribution in [0.1, 0.15) is 40.0 Å². The number of rotatable bonds is 3. The highest BCUT2D eigenvalue weighted by atomic mass is 35.5. The highest BCUT2D eigenvalue weighted by Crippen LogP contribution is 2.26. The van der Waals surface area contributed by atoms with Crippen molar-refractivity contribution in [2.45, 2.75) is 51.7 Å². The third-order valence-electron chi connectivity index (χ3n) is 4.33. The van der Waals surface area contributed by atoms with Gasteiger partial charge in [0.2, 0.25) is 5.28 Å². The minimum Gasteiger partial charge on any atom is -0.444 e. The van der Waals surface area contributed by atoms with Gasteiger partial charge in [0, 0.05) is 32.2 Å². The van der Waals surface area contributed by atoms with E-state index in [0.29, 0.717) is 6.54 Å². The molecule has 25 heavy (non-hydrogen) atoms. The maximum atomic E-state index is 11.9. The van der Waals surface area contributed by atoms with Crippen LogP contribution >= 0.6 is 11.6 Å². The number of nitrogens with zero attached hydrogens (tertiary/aromatic N) is 4. The first-order valence-electron chi connectivity index (χ1n) is 8.84. The Bertz CT molecular complexity index is 628. The molecule has 3 rings (SSSR count). The van der Waals surface area contributed by atoms with E-state index in [9.17, 15) is 4.79 Å². The Morgan fingerprint density at radius 3 is 2.48 bits per heavy atom. The van der Waals surface area contributed by atoms with Gasteiger partial charge in [0.15, 0.2) is 0 Å². The second kappa shape index (κ2) is 7.23. The Kier molecular flexibility index (Phi) is 5.22. The zero-order valence-corrected chi connectivity index (χ0v) is 15.8. The lowest BCUT2D eigenvalue weighted by atomic mass is 10.2. The minimum atomic E-state index is -0.493. The van der Waals surface area contributed by atoms with Crippen molar-refractivity contribution in [3.8, 4) is 0 Å². The molecule has 2 saturated heterocycles. The van der Waals surface area contributed by atoms with E-state index in [0.717, 1.165) is 37.7 Å². The van der Waals surface area contributed by atoms with E-state index in [1.807, 2.05) is 26.8 Å². The van der Waals surface area contributed by atoms with Crippen LogP contribution in [0.4, 0.5) is 16.4 Å². The van der Waals surface area contributed by atoms with Gasteiger partial charge in [-0.2, -0.15) is 0 Å². The van der Waals surface area contributed by atoms with Gasteiger partial charge in [0.1, 0.15) is 17.2 Å². The third-order valence-corrected chi connectivity index (χ3v) is 4.50. The van der Waals surface area contributed by atoms with Crippen LogP contribution < -0.4 is 15.1 Å². The van der Waals surface area contributed by atoms with Crippen molar-refractivity contribution in [2.75, 3.05) is 36.0 Å². The molecule has 0 aromatic carbocycles. The summed E-state index contributed by atoms with van der Waals surface area (Å²) in [5.41, 5.74) is -0.493. The molecule has 2 fully saturated rings. The second-order valence-corrected chi connectivity index (χ2v) is 7.96. The van der Waals surface area contributed by atoms with Crippen LogP contribution in [-0.4, -0.2) is 53.9 Å². The lowest BCUT2D eigenvalue weighted by Gasteiger charge is -2.23. The molecule has 2 aliphatic heterocycles. The smallest absolute Gasteiger partial charge is 0.407 e. The van der Waals surface area contributed by atoms with E-state index in [-0.39, 0.29) is 17.4 Å². The molecule has 1 amide bonds. The Hall–Kier alpha value is -1.76. The normalized spacial score (nSPS) is 20.9. The summed E-state index contributed by atoms with van der Waals surface area (Å²) >= 11 is 6.13. The molecule has 3 heterocycles.